The van der Waals surface area contributed by atoms with Gasteiger partial charge in [-0.05, 0) is 30.2 Å². The Morgan fingerprint density at radius 2 is 1.65 bits per heavy atom. The van der Waals surface area contributed by atoms with E-state index < -0.39 is 11.8 Å². The SMILES string of the molecule is CCCCCn1nc(C(=O)NNC(=O)Cc2c(Cl)cccc2Cl)c2ccccc2c1=O. The van der Waals surface area contributed by atoms with Crippen LogP contribution in [-0.4, -0.2) is 21.6 Å². The van der Waals surface area contributed by atoms with Crippen molar-refractivity contribution in [2.24, 2.45) is 0 Å². The van der Waals surface area contributed by atoms with Crippen LogP contribution in [0.2, 0.25) is 10.0 Å². The average Bonchev–Trinajstić information content (AvgIpc) is 2.76. The lowest BCUT2D eigenvalue weighted by molar-refractivity contribution is -0.121. The number of hydrogen-bond acceptors (Lipinski definition) is 4. The molecule has 0 saturated carbocycles. The van der Waals surface area contributed by atoms with E-state index in [1.165, 1.54) is 4.68 Å². The number of benzene rings is 2. The molecule has 0 aliphatic carbocycles. The molecule has 0 fully saturated rings. The van der Waals surface area contributed by atoms with Gasteiger partial charge in [0.1, 0.15) is 0 Å². The predicted molar refractivity (Wildman–Crippen MR) is 121 cm³/mol. The van der Waals surface area contributed by atoms with Crippen molar-refractivity contribution in [1.29, 1.82) is 0 Å². The second-order valence-corrected chi connectivity index (χ2v) is 7.82. The lowest BCUT2D eigenvalue weighted by Crippen LogP contribution is -2.43. The van der Waals surface area contributed by atoms with E-state index in [9.17, 15) is 14.4 Å². The van der Waals surface area contributed by atoms with Crippen LogP contribution in [-0.2, 0) is 17.8 Å². The molecule has 0 spiro atoms. The van der Waals surface area contributed by atoms with Gasteiger partial charge in [-0.15, -0.1) is 0 Å². The monoisotopic (exact) mass is 460 g/mol. The van der Waals surface area contributed by atoms with Gasteiger partial charge in [0, 0.05) is 22.0 Å². The third-order valence-corrected chi connectivity index (χ3v) is 5.48. The smallest absolute Gasteiger partial charge is 0.273 e. The van der Waals surface area contributed by atoms with Crippen molar-refractivity contribution in [2.75, 3.05) is 0 Å². The van der Waals surface area contributed by atoms with Gasteiger partial charge in [-0.2, -0.15) is 5.10 Å². The van der Waals surface area contributed by atoms with Crippen LogP contribution >= 0.6 is 23.2 Å². The maximum Gasteiger partial charge on any atom is 0.290 e. The van der Waals surface area contributed by atoms with Gasteiger partial charge in [-0.3, -0.25) is 25.2 Å². The molecule has 0 saturated heterocycles. The molecular weight excluding hydrogens is 439 g/mol. The molecule has 9 heteroatoms. The Hall–Kier alpha value is -2.90. The molecule has 0 unspecified atom stereocenters. The van der Waals surface area contributed by atoms with E-state index in [0.29, 0.717) is 32.9 Å². The maximum absolute atomic E-state index is 12.8. The second kappa shape index (κ2) is 10.4. The first kappa shape index (κ1) is 22.8. The molecule has 162 valence electrons. The molecule has 3 rings (SSSR count). The molecule has 7 nitrogen and oxygen atoms in total. The number of nitrogens with one attached hydrogen (secondary N) is 2. The standard InChI is InChI=1S/C22H22Cl2N4O3/c1-2-3-6-12-28-22(31)15-9-5-4-8-14(15)20(27-28)21(30)26-25-19(29)13-16-17(23)10-7-11-18(16)24/h4-5,7-11H,2-3,6,12-13H2,1H3,(H,25,29)(H,26,30). The molecule has 1 heterocycles. The van der Waals surface area contributed by atoms with Crippen LogP contribution in [0.1, 0.15) is 42.2 Å². The minimum Gasteiger partial charge on any atom is -0.273 e. The Morgan fingerprint density at radius 1 is 0.968 bits per heavy atom. The molecule has 1 aromatic heterocycles. The van der Waals surface area contributed by atoms with E-state index in [-0.39, 0.29) is 17.7 Å². The summed E-state index contributed by atoms with van der Waals surface area (Å²) in [4.78, 5) is 37.8. The number of carbonyl (C=O) groups excluding carboxylic acids is 2. The summed E-state index contributed by atoms with van der Waals surface area (Å²) >= 11 is 12.2. The number of amides is 2. The second-order valence-electron chi connectivity index (χ2n) is 7.01. The fraction of sp³-hybridized carbons (Fsp3) is 0.273. The number of rotatable bonds is 7. The maximum atomic E-state index is 12.8. The topological polar surface area (TPSA) is 93.1 Å². The van der Waals surface area contributed by atoms with Crippen LogP contribution in [0.25, 0.3) is 10.8 Å². The summed E-state index contributed by atoms with van der Waals surface area (Å²) < 4.78 is 1.30. The third-order valence-electron chi connectivity index (χ3n) is 4.77. The van der Waals surface area contributed by atoms with Gasteiger partial charge in [0.15, 0.2) is 5.69 Å². The van der Waals surface area contributed by atoms with Crippen molar-refractivity contribution in [3.05, 3.63) is 74.1 Å². The Balaban J connectivity index is 1.79. The average molecular weight is 461 g/mol. The van der Waals surface area contributed by atoms with Gasteiger partial charge < -0.3 is 0 Å². The van der Waals surface area contributed by atoms with Crippen LogP contribution in [0.15, 0.2) is 47.3 Å². The molecule has 0 radical (unpaired) electrons. The van der Waals surface area contributed by atoms with E-state index >= 15 is 0 Å². The number of hydrogen-bond donors (Lipinski definition) is 2. The highest BCUT2D eigenvalue weighted by Gasteiger charge is 2.18. The van der Waals surface area contributed by atoms with Gasteiger partial charge in [0.2, 0.25) is 5.91 Å². The van der Waals surface area contributed by atoms with Crippen molar-refractivity contribution < 1.29 is 9.59 Å². The zero-order valence-electron chi connectivity index (χ0n) is 17.0. The zero-order valence-corrected chi connectivity index (χ0v) is 18.5. The Morgan fingerprint density at radius 3 is 2.32 bits per heavy atom. The first-order valence-corrected chi connectivity index (χ1v) is 10.7. The van der Waals surface area contributed by atoms with Crippen LogP contribution < -0.4 is 16.4 Å². The summed E-state index contributed by atoms with van der Waals surface area (Å²) in [6.45, 7) is 2.48. The fourth-order valence-corrected chi connectivity index (χ4v) is 3.69. The number of hydrazine groups is 1. The van der Waals surface area contributed by atoms with Crippen molar-refractivity contribution in [3.63, 3.8) is 0 Å². The number of aromatic nitrogens is 2. The van der Waals surface area contributed by atoms with E-state index in [0.717, 1.165) is 19.3 Å². The molecule has 3 aromatic rings. The van der Waals surface area contributed by atoms with E-state index in [1.54, 1.807) is 42.5 Å². The summed E-state index contributed by atoms with van der Waals surface area (Å²) in [5, 5.41) is 5.80. The number of unbranched alkanes of at least 4 members (excludes halogenated alkanes) is 2. The predicted octanol–water partition coefficient (Wildman–Crippen LogP) is 3.90. The fourth-order valence-electron chi connectivity index (χ4n) is 3.16. The molecule has 0 bridgehead atoms. The summed E-state index contributed by atoms with van der Waals surface area (Å²) in [7, 11) is 0. The quantitative estimate of drug-likeness (QED) is 0.412. The van der Waals surface area contributed by atoms with E-state index in [1.807, 2.05) is 0 Å². The molecule has 2 amide bonds. The highest BCUT2D eigenvalue weighted by molar-refractivity contribution is 6.36. The summed E-state index contributed by atoms with van der Waals surface area (Å²) in [6.07, 6.45) is 2.61. The van der Waals surface area contributed by atoms with Gasteiger partial charge >= 0.3 is 0 Å². The number of halogens is 2. The minimum absolute atomic E-state index is 0.0581. The highest BCUT2D eigenvalue weighted by atomic mass is 35.5. The Kier molecular flexibility index (Phi) is 7.65. The summed E-state index contributed by atoms with van der Waals surface area (Å²) in [5.41, 5.74) is 4.99. The summed E-state index contributed by atoms with van der Waals surface area (Å²) in [6, 6.07) is 11.7. The Labute approximate surface area is 189 Å². The Bertz CT molecular complexity index is 1160. The third kappa shape index (κ3) is 5.42. The minimum atomic E-state index is -0.626. The van der Waals surface area contributed by atoms with Gasteiger partial charge in [-0.25, -0.2) is 4.68 Å². The number of nitrogens with zero attached hydrogens (tertiary/aromatic N) is 2. The highest BCUT2D eigenvalue weighted by Crippen LogP contribution is 2.24. The molecule has 0 aliphatic heterocycles. The lowest BCUT2D eigenvalue weighted by atomic mass is 10.1. The van der Waals surface area contributed by atoms with Gasteiger partial charge in [0.05, 0.1) is 11.8 Å². The van der Waals surface area contributed by atoms with Gasteiger partial charge in [-0.1, -0.05) is 67.2 Å². The zero-order chi connectivity index (χ0) is 22.4. The molecule has 0 atom stereocenters. The van der Waals surface area contributed by atoms with Crippen molar-refractivity contribution in [2.45, 2.75) is 39.2 Å². The molecule has 2 aromatic carbocycles. The van der Waals surface area contributed by atoms with Crippen LogP contribution in [0.5, 0.6) is 0 Å². The number of fused-ring (bicyclic) bond motifs is 1. The van der Waals surface area contributed by atoms with Crippen molar-refractivity contribution in [1.82, 2.24) is 20.6 Å². The molecule has 31 heavy (non-hydrogen) atoms. The lowest BCUT2D eigenvalue weighted by Gasteiger charge is -2.12. The normalized spacial score (nSPS) is 10.8. The van der Waals surface area contributed by atoms with Crippen LogP contribution in [0.4, 0.5) is 0 Å². The summed E-state index contributed by atoms with van der Waals surface area (Å²) in [5.74, 6) is -1.12. The van der Waals surface area contributed by atoms with E-state index in [2.05, 4.69) is 22.9 Å². The first-order valence-electron chi connectivity index (χ1n) is 9.94. The number of aryl methyl sites for hydroxylation is 1. The largest absolute Gasteiger partial charge is 0.290 e. The number of carbonyl (C=O) groups is 2. The van der Waals surface area contributed by atoms with Gasteiger partial charge in [0.25, 0.3) is 11.5 Å². The van der Waals surface area contributed by atoms with Crippen molar-refractivity contribution >= 4 is 45.8 Å². The molecule has 2 N–H and O–H groups in total. The van der Waals surface area contributed by atoms with Crippen LogP contribution in [0.3, 0.4) is 0 Å². The molecule has 0 aliphatic rings. The van der Waals surface area contributed by atoms with Crippen LogP contribution in [0, 0.1) is 0 Å². The van der Waals surface area contributed by atoms with E-state index in [4.69, 9.17) is 23.2 Å². The molecular formula is C22H22Cl2N4O3. The van der Waals surface area contributed by atoms with Crippen molar-refractivity contribution in [3.8, 4) is 0 Å². The first-order chi connectivity index (χ1) is 14.9.